The molecule has 0 amide bonds. The molecule has 0 saturated carbocycles. The quantitative estimate of drug-likeness (QED) is 0.841. The van der Waals surface area contributed by atoms with Crippen molar-refractivity contribution in [1.82, 2.24) is 19.8 Å². The van der Waals surface area contributed by atoms with E-state index in [0.717, 1.165) is 63.3 Å². The van der Waals surface area contributed by atoms with E-state index < -0.39 is 0 Å². The predicted octanol–water partition coefficient (Wildman–Crippen LogP) is 0.900. The highest BCUT2D eigenvalue weighted by Crippen LogP contribution is 2.17. The van der Waals surface area contributed by atoms with Gasteiger partial charge in [0.2, 0.25) is 0 Å². The Balaban J connectivity index is 1.92. The highest BCUT2D eigenvalue weighted by atomic mass is 15.3. The van der Waals surface area contributed by atoms with Gasteiger partial charge in [0.15, 0.2) is 0 Å². The Bertz CT molecular complexity index is 440. The molecule has 1 aromatic heterocycles. The van der Waals surface area contributed by atoms with Gasteiger partial charge in [-0.05, 0) is 27.9 Å². The van der Waals surface area contributed by atoms with Gasteiger partial charge in [-0.3, -0.25) is 4.90 Å². The van der Waals surface area contributed by atoms with Crippen molar-refractivity contribution in [3.8, 4) is 0 Å². The predicted molar refractivity (Wildman–Crippen MR) is 88.1 cm³/mol. The van der Waals surface area contributed by atoms with Crippen LogP contribution in [0.3, 0.4) is 0 Å². The van der Waals surface area contributed by atoms with Gasteiger partial charge in [-0.15, -0.1) is 0 Å². The van der Waals surface area contributed by atoms with Gasteiger partial charge in [0.25, 0.3) is 0 Å². The number of hydrogen-bond donors (Lipinski definition) is 1. The van der Waals surface area contributed by atoms with Crippen molar-refractivity contribution in [3.05, 3.63) is 11.9 Å². The van der Waals surface area contributed by atoms with Gasteiger partial charge >= 0.3 is 0 Å². The van der Waals surface area contributed by atoms with Gasteiger partial charge in [-0.1, -0.05) is 0 Å². The lowest BCUT2D eigenvalue weighted by Gasteiger charge is -2.36. The van der Waals surface area contributed by atoms with E-state index in [1.807, 2.05) is 6.92 Å². The summed E-state index contributed by atoms with van der Waals surface area (Å²) in [6.07, 6.45) is 0. The third kappa shape index (κ3) is 4.82. The molecule has 1 saturated heterocycles. The van der Waals surface area contributed by atoms with E-state index in [0.29, 0.717) is 0 Å². The molecule has 1 aliphatic rings. The second-order valence-corrected chi connectivity index (χ2v) is 5.82. The summed E-state index contributed by atoms with van der Waals surface area (Å²) in [5.41, 5.74) is 0. The fraction of sp³-hybridized carbons (Fsp3) is 0.733. The van der Waals surface area contributed by atoms with Crippen molar-refractivity contribution in [2.45, 2.75) is 13.8 Å². The van der Waals surface area contributed by atoms with Gasteiger partial charge < -0.3 is 15.1 Å². The van der Waals surface area contributed by atoms with Crippen molar-refractivity contribution in [2.24, 2.45) is 0 Å². The molecule has 118 valence electrons. The maximum Gasteiger partial charge on any atom is 0.134 e. The van der Waals surface area contributed by atoms with Crippen LogP contribution in [-0.2, 0) is 0 Å². The van der Waals surface area contributed by atoms with E-state index >= 15 is 0 Å². The summed E-state index contributed by atoms with van der Waals surface area (Å²) in [5.74, 6) is 2.80. The van der Waals surface area contributed by atoms with Crippen molar-refractivity contribution >= 4 is 11.6 Å². The number of anilines is 2. The van der Waals surface area contributed by atoms with Crippen LogP contribution in [-0.4, -0.2) is 79.7 Å². The summed E-state index contributed by atoms with van der Waals surface area (Å²) in [6.45, 7) is 11.5. The molecule has 0 aliphatic carbocycles. The first-order valence-corrected chi connectivity index (χ1v) is 7.80. The van der Waals surface area contributed by atoms with E-state index in [-0.39, 0.29) is 0 Å². The summed E-state index contributed by atoms with van der Waals surface area (Å²) in [5, 5.41) is 3.28. The van der Waals surface area contributed by atoms with Crippen LogP contribution in [0.5, 0.6) is 0 Å². The maximum absolute atomic E-state index is 4.59. The Morgan fingerprint density at radius 2 is 1.90 bits per heavy atom. The number of aryl methyl sites for hydroxylation is 1. The number of nitrogens with zero attached hydrogens (tertiary/aromatic N) is 5. The third-order valence-electron chi connectivity index (χ3n) is 3.74. The normalized spacial score (nSPS) is 16.5. The van der Waals surface area contributed by atoms with Gasteiger partial charge in [0.05, 0.1) is 0 Å². The number of likely N-dealkylation sites (N-methyl/N-ethyl adjacent to an activating group) is 1. The van der Waals surface area contributed by atoms with Crippen LogP contribution in [0.15, 0.2) is 6.07 Å². The van der Waals surface area contributed by atoms with Gasteiger partial charge in [0, 0.05) is 51.9 Å². The smallest absolute Gasteiger partial charge is 0.134 e. The molecule has 0 unspecified atom stereocenters. The molecule has 21 heavy (non-hydrogen) atoms. The molecular weight excluding hydrogens is 264 g/mol. The number of rotatable bonds is 6. The second kappa shape index (κ2) is 7.56. The Kier molecular flexibility index (Phi) is 5.76. The van der Waals surface area contributed by atoms with Crippen LogP contribution in [0.4, 0.5) is 11.6 Å². The zero-order valence-corrected chi connectivity index (χ0v) is 13.8. The first kappa shape index (κ1) is 16.0. The van der Waals surface area contributed by atoms with Gasteiger partial charge in [0.1, 0.15) is 17.5 Å². The Morgan fingerprint density at radius 3 is 2.52 bits per heavy atom. The largest absolute Gasteiger partial charge is 0.370 e. The molecule has 6 nitrogen and oxygen atoms in total. The zero-order valence-electron chi connectivity index (χ0n) is 13.8. The average Bonchev–Trinajstić information content (AvgIpc) is 2.45. The van der Waals surface area contributed by atoms with E-state index in [1.54, 1.807) is 0 Å². The molecule has 0 spiro atoms. The maximum atomic E-state index is 4.59. The monoisotopic (exact) mass is 292 g/mol. The van der Waals surface area contributed by atoms with Crippen LogP contribution < -0.4 is 10.2 Å². The summed E-state index contributed by atoms with van der Waals surface area (Å²) in [6, 6.07) is 2.06. The third-order valence-corrected chi connectivity index (χ3v) is 3.74. The summed E-state index contributed by atoms with van der Waals surface area (Å²) < 4.78 is 0. The van der Waals surface area contributed by atoms with Gasteiger partial charge in [-0.2, -0.15) is 0 Å². The van der Waals surface area contributed by atoms with Crippen LogP contribution in [0.1, 0.15) is 12.7 Å². The minimum atomic E-state index is 0.832. The summed E-state index contributed by atoms with van der Waals surface area (Å²) >= 11 is 0. The lowest BCUT2D eigenvalue weighted by molar-refractivity contribution is 0.229. The standard InChI is InChI=1S/C15H28N6/c1-5-16-14-12-15(18-13(2)17-14)21-10-8-20(9-11-21)7-6-19(3)4/h12H,5-11H2,1-4H3,(H,16,17,18). The molecule has 1 N–H and O–H groups in total. The number of hydrogen-bond acceptors (Lipinski definition) is 6. The van der Waals surface area contributed by atoms with Crippen LogP contribution in [0, 0.1) is 6.92 Å². The summed E-state index contributed by atoms with van der Waals surface area (Å²) in [7, 11) is 4.25. The van der Waals surface area contributed by atoms with E-state index in [9.17, 15) is 0 Å². The van der Waals surface area contributed by atoms with Gasteiger partial charge in [-0.25, -0.2) is 9.97 Å². The fourth-order valence-electron chi connectivity index (χ4n) is 2.53. The summed E-state index contributed by atoms with van der Waals surface area (Å²) in [4.78, 5) is 16.1. The van der Waals surface area contributed by atoms with Crippen molar-refractivity contribution < 1.29 is 0 Å². The molecule has 0 bridgehead atoms. The second-order valence-electron chi connectivity index (χ2n) is 5.82. The zero-order chi connectivity index (χ0) is 15.2. The molecular formula is C15H28N6. The Morgan fingerprint density at radius 1 is 1.19 bits per heavy atom. The molecule has 6 heteroatoms. The minimum absolute atomic E-state index is 0.832. The highest BCUT2D eigenvalue weighted by molar-refractivity contribution is 5.49. The molecule has 0 aromatic carbocycles. The first-order chi connectivity index (χ1) is 10.1. The van der Waals surface area contributed by atoms with E-state index in [1.165, 1.54) is 0 Å². The molecule has 1 aliphatic heterocycles. The van der Waals surface area contributed by atoms with Crippen molar-refractivity contribution in [3.63, 3.8) is 0 Å². The molecule has 0 radical (unpaired) electrons. The van der Waals surface area contributed by atoms with E-state index in [2.05, 4.69) is 57.1 Å². The van der Waals surface area contributed by atoms with Crippen LogP contribution >= 0.6 is 0 Å². The molecule has 0 atom stereocenters. The van der Waals surface area contributed by atoms with Crippen molar-refractivity contribution in [1.29, 1.82) is 0 Å². The Hall–Kier alpha value is -1.40. The van der Waals surface area contributed by atoms with E-state index in [4.69, 9.17) is 0 Å². The number of piperazine rings is 1. The minimum Gasteiger partial charge on any atom is -0.370 e. The number of nitrogens with one attached hydrogen (secondary N) is 1. The van der Waals surface area contributed by atoms with Crippen LogP contribution in [0.25, 0.3) is 0 Å². The van der Waals surface area contributed by atoms with Crippen molar-refractivity contribution in [2.75, 3.05) is 70.1 Å². The lowest BCUT2D eigenvalue weighted by Crippen LogP contribution is -2.48. The topological polar surface area (TPSA) is 47.5 Å². The lowest BCUT2D eigenvalue weighted by atomic mass is 10.3. The molecule has 1 fully saturated rings. The molecule has 2 rings (SSSR count). The first-order valence-electron chi connectivity index (χ1n) is 7.80. The average molecular weight is 292 g/mol. The SMILES string of the molecule is CCNc1cc(N2CCN(CCN(C)C)CC2)nc(C)n1. The Labute approximate surface area is 128 Å². The number of aromatic nitrogens is 2. The fourth-order valence-corrected chi connectivity index (χ4v) is 2.53. The highest BCUT2D eigenvalue weighted by Gasteiger charge is 2.18. The molecule has 2 heterocycles. The molecule has 1 aromatic rings. The van der Waals surface area contributed by atoms with Crippen LogP contribution in [0.2, 0.25) is 0 Å².